The van der Waals surface area contributed by atoms with E-state index < -0.39 is 0 Å². The van der Waals surface area contributed by atoms with Gasteiger partial charge in [-0.2, -0.15) is 5.10 Å². The maximum absolute atomic E-state index is 12.2. The van der Waals surface area contributed by atoms with Gasteiger partial charge in [-0.3, -0.25) is 14.4 Å². The molecule has 0 radical (unpaired) electrons. The lowest BCUT2D eigenvalue weighted by molar-refractivity contribution is -0.122. The highest BCUT2D eigenvalue weighted by Gasteiger charge is 2.29. The number of methoxy groups -OCH3 is 1. The zero-order chi connectivity index (χ0) is 17.0. The molecule has 2 heterocycles. The Morgan fingerprint density at radius 2 is 2.13 bits per heavy atom. The zero-order valence-corrected chi connectivity index (χ0v) is 15.1. The van der Waals surface area contributed by atoms with Crippen molar-refractivity contribution >= 4 is 5.91 Å². The normalized spacial score (nSPS) is 17.6. The van der Waals surface area contributed by atoms with Crippen molar-refractivity contribution in [1.29, 1.82) is 0 Å². The van der Waals surface area contributed by atoms with Gasteiger partial charge in [0.2, 0.25) is 5.91 Å². The van der Waals surface area contributed by atoms with Gasteiger partial charge in [0.25, 0.3) is 0 Å². The van der Waals surface area contributed by atoms with E-state index in [1.54, 1.807) is 7.11 Å². The van der Waals surface area contributed by atoms with Crippen LogP contribution in [0.1, 0.15) is 37.2 Å². The highest BCUT2D eigenvalue weighted by atomic mass is 16.5. The number of rotatable bonds is 7. The SMILES string of the molecule is COCCn1nc(C)c(CNC(=O)CN2CCC(C)(C)C2)c1C. The summed E-state index contributed by atoms with van der Waals surface area (Å²) < 4.78 is 7.05. The summed E-state index contributed by atoms with van der Waals surface area (Å²) in [5, 5.41) is 7.56. The molecule has 1 fully saturated rings. The molecule has 1 aromatic rings. The first-order chi connectivity index (χ1) is 10.8. The molecule has 1 aliphatic heterocycles. The molecule has 1 aliphatic rings. The van der Waals surface area contributed by atoms with Crippen LogP contribution >= 0.6 is 0 Å². The number of nitrogens with one attached hydrogen (secondary N) is 1. The third-order valence-corrected chi connectivity index (χ3v) is 4.62. The summed E-state index contributed by atoms with van der Waals surface area (Å²) in [5.74, 6) is 0.0890. The summed E-state index contributed by atoms with van der Waals surface area (Å²) in [4.78, 5) is 14.4. The molecule has 6 heteroatoms. The van der Waals surface area contributed by atoms with Crippen molar-refractivity contribution in [2.75, 3.05) is 33.4 Å². The van der Waals surface area contributed by atoms with Crippen LogP contribution in [0.25, 0.3) is 0 Å². The van der Waals surface area contributed by atoms with E-state index in [9.17, 15) is 4.79 Å². The molecule has 23 heavy (non-hydrogen) atoms. The van der Waals surface area contributed by atoms with Crippen molar-refractivity contribution in [3.8, 4) is 0 Å². The van der Waals surface area contributed by atoms with Crippen LogP contribution < -0.4 is 5.32 Å². The zero-order valence-electron chi connectivity index (χ0n) is 15.1. The van der Waals surface area contributed by atoms with Gasteiger partial charge in [0.1, 0.15) is 0 Å². The molecule has 0 spiro atoms. The second-order valence-electron chi connectivity index (χ2n) is 7.27. The molecular formula is C17H30N4O2. The van der Waals surface area contributed by atoms with Crippen LogP contribution in [0.2, 0.25) is 0 Å². The Morgan fingerprint density at radius 1 is 1.39 bits per heavy atom. The highest BCUT2D eigenvalue weighted by Crippen LogP contribution is 2.28. The number of ether oxygens (including phenoxy) is 1. The number of carbonyl (C=O) groups is 1. The number of hydrogen-bond donors (Lipinski definition) is 1. The van der Waals surface area contributed by atoms with Gasteiger partial charge >= 0.3 is 0 Å². The monoisotopic (exact) mass is 322 g/mol. The van der Waals surface area contributed by atoms with E-state index in [0.29, 0.717) is 25.1 Å². The van der Waals surface area contributed by atoms with Crippen molar-refractivity contribution in [2.24, 2.45) is 5.41 Å². The van der Waals surface area contributed by atoms with Crippen LogP contribution in [-0.4, -0.2) is 53.9 Å². The van der Waals surface area contributed by atoms with Crippen molar-refractivity contribution < 1.29 is 9.53 Å². The fraction of sp³-hybridized carbons (Fsp3) is 0.765. The third-order valence-electron chi connectivity index (χ3n) is 4.62. The number of likely N-dealkylation sites (tertiary alicyclic amines) is 1. The first-order valence-corrected chi connectivity index (χ1v) is 8.33. The summed E-state index contributed by atoms with van der Waals surface area (Å²) in [7, 11) is 1.69. The molecule has 1 aromatic heterocycles. The van der Waals surface area contributed by atoms with Crippen LogP contribution in [0.15, 0.2) is 0 Å². The summed E-state index contributed by atoms with van der Waals surface area (Å²) in [6.45, 7) is 12.9. The molecule has 1 saturated heterocycles. The van der Waals surface area contributed by atoms with Crippen molar-refractivity contribution in [3.05, 3.63) is 17.0 Å². The van der Waals surface area contributed by atoms with E-state index in [-0.39, 0.29) is 5.91 Å². The predicted molar refractivity (Wildman–Crippen MR) is 90.3 cm³/mol. The highest BCUT2D eigenvalue weighted by molar-refractivity contribution is 5.78. The average molecular weight is 322 g/mol. The third kappa shape index (κ3) is 4.78. The molecule has 0 unspecified atom stereocenters. The number of nitrogens with zero attached hydrogens (tertiary/aromatic N) is 3. The number of hydrogen-bond acceptors (Lipinski definition) is 4. The standard InChI is InChI=1S/C17H30N4O2/c1-13-15(14(2)21(19-13)8-9-23-5)10-18-16(22)11-20-7-6-17(3,4)12-20/h6-12H2,1-5H3,(H,18,22). The Labute approximate surface area is 139 Å². The molecule has 0 aromatic carbocycles. The molecule has 0 bridgehead atoms. The van der Waals surface area contributed by atoms with E-state index in [0.717, 1.165) is 43.0 Å². The lowest BCUT2D eigenvalue weighted by Crippen LogP contribution is -2.36. The van der Waals surface area contributed by atoms with Crippen molar-refractivity contribution in [1.82, 2.24) is 20.0 Å². The molecule has 2 rings (SSSR count). The van der Waals surface area contributed by atoms with Gasteiger partial charge in [0, 0.05) is 31.5 Å². The average Bonchev–Trinajstić information content (AvgIpc) is 2.94. The van der Waals surface area contributed by atoms with Crippen molar-refractivity contribution in [2.45, 2.75) is 47.2 Å². The Bertz CT molecular complexity index is 551. The van der Waals surface area contributed by atoms with E-state index in [2.05, 4.69) is 29.2 Å². The molecule has 1 amide bonds. The molecular weight excluding hydrogens is 292 g/mol. The molecule has 130 valence electrons. The van der Waals surface area contributed by atoms with Gasteiger partial charge in [-0.15, -0.1) is 0 Å². The van der Waals surface area contributed by atoms with E-state index >= 15 is 0 Å². The second-order valence-corrected chi connectivity index (χ2v) is 7.27. The maximum Gasteiger partial charge on any atom is 0.234 e. The Morgan fingerprint density at radius 3 is 2.74 bits per heavy atom. The van der Waals surface area contributed by atoms with Gasteiger partial charge in [0.15, 0.2) is 0 Å². The van der Waals surface area contributed by atoms with E-state index in [1.807, 2.05) is 18.5 Å². The number of aryl methyl sites for hydroxylation is 1. The van der Waals surface area contributed by atoms with Gasteiger partial charge in [0.05, 0.1) is 25.4 Å². The molecule has 0 aliphatic carbocycles. The molecule has 0 saturated carbocycles. The first kappa shape index (κ1) is 17.9. The molecule has 1 N–H and O–H groups in total. The van der Waals surface area contributed by atoms with E-state index in [4.69, 9.17) is 4.74 Å². The summed E-state index contributed by atoms with van der Waals surface area (Å²) >= 11 is 0. The van der Waals surface area contributed by atoms with Gasteiger partial charge < -0.3 is 10.1 Å². The lowest BCUT2D eigenvalue weighted by Gasteiger charge is -2.19. The fourth-order valence-electron chi connectivity index (χ4n) is 3.19. The Kier molecular flexibility index (Phi) is 5.81. The van der Waals surface area contributed by atoms with Crippen LogP contribution in [0.4, 0.5) is 0 Å². The minimum Gasteiger partial charge on any atom is -0.383 e. The van der Waals surface area contributed by atoms with Crippen molar-refractivity contribution in [3.63, 3.8) is 0 Å². The molecule has 6 nitrogen and oxygen atoms in total. The lowest BCUT2D eigenvalue weighted by atomic mass is 9.93. The first-order valence-electron chi connectivity index (χ1n) is 8.33. The smallest absolute Gasteiger partial charge is 0.234 e. The summed E-state index contributed by atoms with van der Waals surface area (Å²) in [6, 6.07) is 0. The fourth-order valence-corrected chi connectivity index (χ4v) is 3.19. The maximum atomic E-state index is 12.2. The largest absolute Gasteiger partial charge is 0.383 e. The van der Waals surface area contributed by atoms with Crippen LogP contribution in [0.3, 0.4) is 0 Å². The van der Waals surface area contributed by atoms with Crippen LogP contribution in [0.5, 0.6) is 0 Å². The minimum absolute atomic E-state index is 0.0890. The molecule has 0 atom stereocenters. The summed E-state index contributed by atoms with van der Waals surface area (Å²) in [6.07, 6.45) is 1.16. The number of aromatic nitrogens is 2. The van der Waals surface area contributed by atoms with Gasteiger partial charge in [-0.05, 0) is 32.2 Å². The Balaban J connectivity index is 1.86. The predicted octanol–water partition coefficient (Wildman–Crippen LogP) is 1.49. The van der Waals surface area contributed by atoms with Crippen LogP contribution in [-0.2, 0) is 22.6 Å². The van der Waals surface area contributed by atoms with E-state index in [1.165, 1.54) is 0 Å². The number of carbonyl (C=O) groups excluding carboxylic acids is 1. The summed E-state index contributed by atoms with van der Waals surface area (Å²) in [5.41, 5.74) is 3.51. The second kappa shape index (κ2) is 7.45. The topological polar surface area (TPSA) is 59.4 Å². The van der Waals surface area contributed by atoms with Gasteiger partial charge in [-0.25, -0.2) is 0 Å². The number of amides is 1. The van der Waals surface area contributed by atoms with Gasteiger partial charge in [-0.1, -0.05) is 13.8 Å². The van der Waals surface area contributed by atoms with Crippen LogP contribution in [0, 0.1) is 19.3 Å². The quantitative estimate of drug-likeness (QED) is 0.826. The minimum atomic E-state index is 0.0890. The Hall–Kier alpha value is -1.40.